The lowest BCUT2D eigenvalue weighted by molar-refractivity contribution is -0.379. The molecule has 0 fully saturated rings. The Labute approximate surface area is 200 Å². The molecule has 3 heterocycles. The number of fused-ring (bicyclic) bond motifs is 1. The van der Waals surface area contributed by atoms with E-state index in [1.54, 1.807) is 0 Å². The van der Waals surface area contributed by atoms with Gasteiger partial charge in [0.05, 0.1) is 15.4 Å². The lowest BCUT2D eigenvalue weighted by Crippen LogP contribution is -2.12. The zero-order valence-corrected chi connectivity index (χ0v) is 18.9. The number of nitrogens with zero attached hydrogens (tertiary/aromatic N) is 2. The fourth-order valence-electron chi connectivity index (χ4n) is 3.13. The van der Waals surface area contributed by atoms with E-state index in [1.165, 1.54) is 41.1 Å². The Hall–Kier alpha value is -4.21. The van der Waals surface area contributed by atoms with E-state index in [9.17, 15) is 39.7 Å². The van der Waals surface area contributed by atoms with Crippen molar-refractivity contribution in [1.82, 2.24) is 0 Å². The van der Waals surface area contributed by atoms with E-state index < -0.39 is 27.6 Å². The quantitative estimate of drug-likeness (QED) is 0.224. The summed E-state index contributed by atoms with van der Waals surface area (Å²) in [4.78, 5) is 58.6. The molecular weight excluding hydrogens is 508 g/mol. The first-order valence-electron chi connectivity index (χ1n) is 9.04. The van der Waals surface area contributed by atoms with Crippen LogP contribution in [-0.2, 0) is 0 Å². The molecule has 0 unspecified atom stereocenters. The molecule has 2 amide bonds. The molecule has 4 aromatic rings. The van der Waals surface area contributed by atoms with E-state index in [0.717, 1.165) is 22.7 Å². The number of nitro groups is 2. The molecule has 0 saturated heterocycles. The van der Waals surface area contributed by atoms with Crippen LogP contribution < -0.4 is 10.6 Å². The number of hydrogen-bond acceptors (Lipinski definition) is 10. The number of aromatic carboxylic acids is 1. The lowest BCUT2D eigenvalue weighted by Gasteiger charge is -2.04. The predicted octanol–water partition coefficient (Wildman–Crippen LogP) is 5.04. The molecule has 0 atom stereocenters. The maximum Gasteiger partial charge on any atom is 0.347 e. The van der Waals surface area contributed by atoms with Gasteiger partial charge in [-0.2, -0.15) is 0 Å². The minimum Gasteiger partial charge on any atom is -0.478 e. The molecule has 1 aromatic carbocycles. The normalized spacial score (nSPS) is 10.7. The first-order chi connectivity index (χ1) is 16.2. The second-order valence-corrected chi connectivity index (χ2v) is 9.30. The summed E-state index contributed by atoms with van der Waals surface area (Å²) in [7, 11) is 0. The molecule has 0 bridgehead atoms. The Bertz CT molecular complexity index is 1500. The largest absolute Gasteiger partial charge is 0.478 e. The van der Waals surface area contributed by atoms with Crippen molar-refractivity contribution in [2.24, 2.45) is 0 Å². The van der Waals surface area contributed by atoms with Crippen LogP contribution in [0, 0.1) is 20.2 Å². The zero-order chi connectivity index (χ0) is 24.6. The highest BCUT2D eigenvalue weighted by Crippen LogP contribution is 2.38. The van der Waals surface area contributed by atoms with Crippen molar-refractivity contribution in [2.45, 2.75) is 0 Å². The Morgan fingerprint density at radius 1 is 0.824 bits per heavy atom. The molecule has 3 aromatic heterocycles. The highest BCUT2D eigenvalue weighted by atomic mass is 32.1. The van der Waals surface area contributed by atoms with Gasteiger partial charge in [0.2, 0.25) is 0 Å². The maximum absolute atomic E-state index is 13.0. The van der Waals surface area contributed by atoms with Crippen LogP contribution in [0.15, 0.2) is 41.1 Å². The summed E-state index contributed by atoms with van der Waals surface area (Å²) < 4.78 is 0. The summed E-state index contributed by atoms with van der Waals surface area (Å²) in [5, 5.41) is 39.1. The summed E-state index contributed by atoms with van der Waals surface area (Å²) in [6.07, 6.45) is 0. The number of benzene rings is 1. The van der Waals surface area contributed by atoms with Gasteiger partial charge < -0.3 is 15.7 Å². The van der Waals surface area contributed by atoms with Crippen LogP contribution in [0.3, 0.4) is 0 Å². The third kappa shape index (κ3) is 4.09. The van der Waals surface area contributed by atoms with Gasteiger partial charge in [0.1, 0.15) is 21.1 Å². The number of carbonyl (C=O) groups excluding carboxylic acids is 2. The molecular formula is C19H10N4O8S3. The molecule has 0 saturated carbocycles. The molecule has 4 rings (SSSR count). The second-order valence-electron chi connectivity index (χ2n) is 6.49. The van der Waals surface area contributed by atoms with Crippen molar-refractivity contribution in [2.75, 3.05) is 10.6 Å². The first-order valence-corrected chi connectivity index (χ1v) is 11.6. The number of amides is 2. The van der Waals surface area contributed by atoms with Crippen LogP contribution in [0.25, 0.3) is 10.8 Å². The van der Waals surface area contributed by atoms with Gasteiger partial charge in [-0.05, 0) is 29.0 Å². The highest BCUT2D eigenvalue weighted by Gasteiger charge is 2.28. The molecule has 0 aliphatic heterocycles. The molecule has 3 N–H and O–H groups in total. The maximum atomic E-state index is 13.0. The Morgan fingerprint density at radius 2 is 1.35 bits per heavy atom. The van der Waals surface area contributed by atoms with Crippen LogP contribution in [0.4, 0.5) is 21.4 Å². The van der Waals surface area contributed by atoms with Crippen molar-refractivity contribution in [1.29, 1.82) is 0 Å². The lowest BCUT2D eigenvalue weighted by atomic mass is 10.0. The van der Waals surface area contributed by atoms with Gasteiger partial charge in [-0.15, -0.1) is 11.3 Å². The fraction of sp³-hybridized carbons (Fsp3) is 0. The second kappa shape index (κ2) is 8.97. The topological polar surface area (TPSA) is 182 Å². The van der Waals surface area contributed by atoms with Crippen LogP contribution in [0.2, 0.25) is 0 Å². The Kier molecular flexibility index (Phi) is 6.06. The third-order valence-corrected chi connectivity index (χ3v) is 7.43. The molecule has 0 aliphatic rings. The number of anilines is 2. The van der Waals surface area contributed by atoms with E-state index in [4.69, 9.17) is 0 Å². The van der Waals surface area contributed by atoms with Gasteiger partial charge in [-0.25, -0.2) is 4.79 Å². The van der Waals surface area contributed by atoms with Crippen LogP contribution in [-0.4, -0.2) is 32.7 Å². The predicted molar refractivity (Wildman–Crippen MR) is 127 cm³/mol. The monoisotopic (exact) mass is 518 g/mol. The zero-order valence-electron chi connectivity index (χ0n) is 16.5. The van der Waals surface area contributed by atoms with Crippen LogP contribution in [0.1, 0.15) is 29.7 Å². The van der Waals surface area contributed by atoms with Crippen molar-refractivity contribution in [3.05, 3.63) is 76.6 Å². The van der Waals surface area contributed by atoms with Gasteiger partial charge in [0.25, 0.3) is 11.8 Å². The number of carboxylic acid groups (broad SMARTS) is 1. The number of rotatable bonds is 7. The van der Waals surface area contributed by atoms with Crippen molar-refractivity contribution < 1.29 is 29.3 Å². The van der Waals surface area contributed by atoms with Crippen LogP contribution >= 0.6 is 34.0 Å². The van der Waals surface area contributed by atoms with E-state index in [0.29, 0.717) is 11.3 Å². The molecule has 12 nitrogen and oxygen atoms in total. The van der Waals surface area contributed by atoms with Gasteiger partial charge in [0, 0.05) is 10.8 Å². The molecule has 0 aliphatic carbocycles. The summed E-state index contributed by atoms with van der Waals surface area (Å²) in [6.45, 7) is 0. The van der Waals surface area contributed by atoms with Crippen LogP contribution in [0.5, 0.6) is 0 Å². The van der Waals surface area contributed by atoms with E-state index in [-0.39, 0.29) is 47.5 Å². The van der Waals surface area contributed by atoms with E-state index in [1.807, 2.05) is 0 Å². The minimum atomic E-state index is -1.35. The Balaban J connectivity index is 1.80. The molecule has 172 valence electrons. The summed E-state index contributed by atoms with van der Waals surface area (Å²) in [5.41, 5.74) is -0.371. The van der Waals surface area contributed by atoms with Gasteiger partial charge in [-0.1, -0.05) is 34.8 Å². The van der Waals surface area contributed by atoms with Crippen molar-refractivity contribution in [3.63, 3.8) is 0 Å². The minimum absolute atomic E-state index is 0.0275. The third-order valence-electron chi connectivity index (χ3n) is 4.50. The molecule has 15 heteroatoms. The standard InChI is InChI=1S/C19H10N4O8S3/c24-15(20-10-4-6-32-17(10)22(28)29)13-8-2-1-3-9(19(26)27)12(8)14(34-13)16(25)21-11-5-7-33-18(11)23(30)31/h1-7H,(H,20,24)(H,21,25)(H,26,27). The number of carboxylic acids is 1. The number of thiophene rings is 3. The van der Waals surface area contributed by atoms with Crippen molar-refractivity contribution >= 4 is 83.9 Å². The summed E-state index contributed by atoms with van der Waals surface area (Å²) in [6, 6.07) is 6.78. The summed E-state index contributed by atoms with van der Waals surface area (Å²) >= 11 is 2.29. The fourth-order valence-corrected chi connectivity index (χ4v) is 5.56. The van der Waals surface area contributed by atoms with Gasteiger partial charge in [-0.3, -0.25) is 29.8 Å². The van der Waals surface area contributed by atoms with Crippen molar-refractivity contribution in [3.8, 4) is 0 Å². The molecule has 0 spiro atoms. The number of nitrogens with one attached hydrogen (secondary N) is 2. The van der Waals surface area contributed by atoms with E-state index in [2.05, 4.69) is 10.6 Å². The number of carbonyl (C=O) groups is 3. The van der Waals surface area contributed by atoms with Gasteiger partial charge >= 0.3 is 16.0 Å². The van der Waals surface area contributed by atoms with E-state index >= 15 is 0 Å². The Morgan fingerprint density at radius 3 is 1.85 bits per heavy atom. The SMILES string of the molecule is O=C(Nc1ccsc1[N+](=O)[O-])c1sc(C(=O)Nc2ccsc2[N+](=O)[O-])c2c(C(=O)O)cccc12. The average molecular weight is 519 g/mol. The molecule has 34 heavy (non-hydrogen) atoms. The smallest absolute Gasteiger partial charge is 0.347 e. The highest BCUT2D eigenvalue weighted by molar-refractivity contribution is 7.18. The first kappa shape index (κ1) is 23.0. The van der Waals surface area contributed by atoms with Gasteiger partial charge in [0.15, 0.2) is 0 Å². The molecule has 0 radical (unpaired) electrons. The number of hydrogen-bond donors (Lipinski definition) is 3. The summed E-state index contributed by atoms with van der Waals surface area (Å²) in [5.74, 6) is -2.97. The average Bonchev–Trinajstić information content (AvgIpc) is 3.51.